The fourth-order valence-electron chi connectivity index (χ4n) is 1.61. The monoisotopic (exact) mass is 270 g/mol. The molecule has 0 spiro atoms. The molecule has 1 saturated carbocycles. The van der Waals surface area contributed by atoms with Crippen LogP contribution in [-0.4, -0.2) is 25.6 Å². The van der Waals surface area contributed by atoms with Crippen LogP contribution in [0.15, 0.2) is 12.1 Å². The lowest BCUT2D eigenvalue weighted by molar-refractivity contribution is -0.122. The van der Waals surface area contributed by atoms with Crippen molar-refractivity contribution in [1.29, 1.82) is 0 Å². The molecule has 19 heavy (non-hydrogen) atoms. The van der Waals surface area contributed by atoms with E-state index in [1.807, 2.05) is 0 Å². The lowest BCUT2D eigenvalue weighted by Gasteiger charge is -2.10. The molecule has 2 N–H and O–H groups in total. The predicted octanol–water partition coefficient (Wildman–Crippen LogP) is 1.34. The van der Waals surface area contributed by atoms with Crippen molar-refractivity contribution in [3.05, 3.63) is 29.3 Å². The van der Waals surface area contributed by atoms with E-state index in [9.17, 15) is 13.6 Å². The van der Waals surface area contributed by atoms with Crippen molar-refractivity contribution in [2.75, 3.05) is 13.7 Å². The molecule has 1 aliphatic carbocycles. The standard InChI is InChI=1S/C13H16F2N2O2/c1-16-12(18)7-19-13-10(14)4-8(5-11(13)15)6-17-9-2-3-9/h4-5,9,17H,2-3,6-7H2,1H3,(H,16,18). The van der Waals surface area contributed by atoms with E-state index in [4.69, 9.17) is 4.74 Å². The van der Waals surface area contributed by atoms with Gasteiger partial charge in [0.25, 0.3) is 5.91 Å². The molecule has 0 aliphatic heterocycles. The van der Waals surface area contributed by atoms with Crippen LogP contribution in [0.3, 0.4) is 0 Å². The van der Waals surface area contributed by atoms with Gasteiger partial charge < -0.3 is 15.4 Å². The Morgan fingerprint density at radius 3 is 2.53 bits per heavy atom. The number of amides is 1. The minimum absolute atomic E-state index is 0.413. The summed E-state index contributed by atoms with van der Waals surface area (Å²) < 4.78 is 32.2. The number of rotatable bonds is 6. The Balaban J connectivity index is 2.00. The molecule has 0 atom stereocenters. The lowest BCUT2D eigenvalue weighted by atomic mass is 10.2. The number of carbonyl (C=O) groups excluding carboxylic acids is 1. The highest BCUT2D eigenvalue weighted by Crippen LogP contribution is 2.24. The summed E-state index contributed by atoms with van der Waals surface area (Å²) in [6.07, 6.45) is 2.22. The summed E-state index contributed by atoms with van der Waals surface area (Å²) in [6.45, 7) is 0.0121. The quantitative estimate of drug-likeness (QED) is 0.820. The van der Waals surface area contributed by atoms with Gasteiger partial charge in [-0.05, 0) is 30.5 Å². The summed E-state index contributed by atoms with van der Waals surface area (Å²) in [5, 5.41) is 5.47. The van der Waals surface area contributed by atoms with E-state index in [-0.39, 0.29) is 0 Å². The van der Waals surface area contributed by atoms with Crippen molar-refractivity contribution < 1.29 is 18.3 Å². The lowest BCUT2D eigenvalue weighted by Crippen LogP contribution is -2.25. The van der Waals surface area contributed by atoms with Gasteiger partial charge in [0, 0.05) is 19.6 Å². The minimum Gasteiger partial charge on any atom is -0.478 e. The maximum atomic E-state index is 13.7. The average Bonchev–Trinajstić information content (AvgIpc) is 3.19. The van der Waals surface area contributed by atoms with Gasteiger partial charge in [0.05, 0.1) is 0 Å². The number of benzene rings is 1. The molecule has 1 aromatic carbocycles. The van der Waals surface area contributed by atoms with E-state index >= 15 is 0 Å². The topological polar surface area (TPSA) is 50.4 Å². The summed E-state index contributed by atoms with van der Waals surface area (Å²) >= 11 is 0. The Kier molecular flexibility index (Phi) is 4.31. The minimum atomic E-state index is -0.795. The fourth-order valence-corrected chi connectivity index (χ4v) is 1.61. The van der Waals surface area contributed by atoms with Crippen LogP contribution in [0, 0.1) is 11.6 Å². The van der Waals surface area contributed by atoms with Gasteiger partial charge in [0.2, 0.25) is 0 Å². The molecule has 0 bridgehead atoms. The van der Waals surface area contributed by atoms with E-state index < -0.39 is 29.9 Å². The number of nitrogens with one attached hydrogen (secondary N) is 2. The summed E-state index contributed by atoms with van der Waals surface area (Å²) in [4.78, 5) is 11.0. The van der Waals surface area contributed by atoms with Gasteiger partial charge in [-0.25, -0.2) is 8.78 Å². The van der Waals surface area contributed by atoms with Crippen LogP contribution < -0.4 is 15.4 Å². The van der Waals surface area contributed by atoms with Gasteiger partial charge in [-0.3, -0.25) is 4.79 Å². The molecule has 0 heterocycles. The Hall–Kier alpha value is -1.69. The highest BCUT2D eigenvalue weighted by molar-refractivity contribution is 5.77. The van der Waals surface area contributed by atoms with E-state index in [0.717, 1.165) is 12.8 Å². The molecular formula is C13H16F2N2O2. The number of ether oxygens (including phenoxy) is 1. The van der Waals surface area contributed by atoms with Crippen LogP contribution in [0.2, 0.25) is 0 Å². The van der Waals surface area contributed by atoms with Crippen LogP contribution in [-0.2, 0) is 11.3 Å². The Labute approximate surface area is 110 Å². The summed E-state index contributed by atoms with van der Waals surface area (Å²) in [6, 6.07) is 2.91. The first-order valence-electron chi connectivity index (χ1n) is 6.15. The molecule has 1 aromatic rings. The van der Waals surface area contributed by atoms with Crippen molar-refractivity contribution in [2.45, 2.75) is 25.4 Å². The molecule has 6 heteroatoms. The average molecular weight is 270 g/mol. The molecule has 2 rings (SSSR count). The van der Waals surface area contributed by atoms with Gasteiger partial charge in [0.1, 0.15) is 0 Å². The second kappa shape index (κ2) is 5.97. The molecule has 0 unspecified atom stereocenters. The van der Waals surface area contributed by atoms with Crippen molar-refractivity contribution in [3.8, 4) is 5.75 Å². The zero-order valence-electron chi connectivity index (χ0n) is 10.6. The summed E-state index contributed by atoms with van der Waals surface area (Å²) in [5.41, 5.74) is 0.522. The van der Waals surface area contributed by atoms with Crippen molar-refractivity contribution in [3.63, 3.8) is 0 Å². The van der Waals surface area contributed by atoms with Crippen LogP contribution in [0.25, 0.3) is 0 Å². The Morgan fingerprint density at radius 2 is 2.00 bits per heavy atom. The third-order valence-electron chi connectivity index (χ3n) is 2.86. The maximum absolute atomic E-state index is 13.7. The van der Waals surface area contributed by atoms with Crippen molar-refractivity contribution in [2.24, 2.45) is 0 Å². The number of likely N-dealkylation sites (N-methyl/N-ethyl adjacent to an activating group) is 1. The Bertz CT molecular complexity index is 453. The highest BCUT2D eigenvalue weighted by atomic mass is 19.1. The highest BCUT2D eigenvalue weighted by Gasteiger charge is 2.21. The summed E-state index contributed by atoms with van der Waals surface area (Å²) in [5.74, 6) is -2.55. The van der Waals surface area contributed by atoms with Crippen molar-refractivity contribution >= 4 is 5.91 Å². The van der Waals surface area contributed by atoms with E-state index in [1.165, 1.54) is 19.2 Å². The normalized spacial score (nSPS) is 14.3. The van der Waals surface area contributed by atoms with E-state index in [1.54, 1.807) is 0 Å². The second-order valence-electron chi connectivity index (χ2n) is 4.51. The maximum Gasteiger partial charge on any atom is 0.257 e. The SMILES string of the molecule is CNC(=O)COc1c(F)cc(CNC2CC2)cc1F. The van der Waals surface area contributed by atoms with Crippen LogP contribution >= 0.6 is 0 Å². The van der Waals surface area contributed by atoms with Crippen molar-refractivity contribution in [1.82, 2.24) is 10.6 Å². The first-order chi connectivity index (χ1) is 9.10. The zero-order valence-corrected chi connectivity index (χ0v) is 10.6. The number of carbonyl (C=O) groups is 1. The van der Waals surface area contributed by atoms with Gasteiger partial charge in [-0.15, -0.1) is 0 Å². The molecule has 1 aliphatic rings. The molecule has 104 valence electrons. The molecular weight excluding hydrogens is 254 g/mol. The Morgan fingerprint density at radius 1 is 1.37 bits per heavy atom. The van der Waals surface area contributed by atoms with E-state index in [0.29, 0.717) is 18.2 Å². The van der Waals surface area contributed by atoms with E-state index in [2.05, 4.69) is 10.6 Å². The predicted molar refractivity (Wildman–Crippen MR) is 65.8 cm³/mol. The van der Waals surface area contributed by atoms with Gasteiger partial charge in [0.15, 0.2) is 24.0 Å². The first-order valence-corrected chi connectivity index (χ1v) is 6.15. The van der Waals surface area contributed by atoms with Crippen LogP contribution in [0.1, 0.15) is 18.4 Å². The zero-order chi connectivity index (χ0) is 13.8. The fraction of sp³-hybridized carbons (Fsp3) is 0.462. The molecule has 0 aromatic heterocycles. The number of halogens is 2. The molecule has 4 nitrogen and oxygen atoms in total. The third kappa shape index (κ3) is 3.89. The number of hydrogen-bond donors (Lipinski definition) is 2. The molecule has 1 amide bonds. The van der Waals surface area contributed by atoms with Crippen LogP contribution in [0.5, 0.6) is 5.75 Å². The molecule has 0 saturated heterocycles. The third-order valence-corrected chi connectivity index (χ3v) is 2.86. The first kappa shape index (κ1) is 13.7. The van der Waals surface area contributed by atoms with Gasteiger partial charge >= 0.3 is 0 Å². The van der Waals surface area contributed by atoms with Gasteiger partial charge in [-0.1, -0.05) is 0 Å². The summed E-state index contributed by atoms with van der Waals surface area (Å²) in [7, 11) is 1.42. The molecule has 1 fully saturated rings. The van der Waals surface area contributed by atoms with Gasteiger partial charge in [-0.2, -0.15) is 0 Å². The van der Waals surface area contributed by atoms with Crippen LogP contribution in [0.4, 0.5) is 8.78 Å². The molecule has 0 radical (unpaired) electrons. The smallest absolute Gasteiger partial charge is 0.257 e. The largest absolute Gasteiger partial charge is 0.478 e. The second-order valence-corrected chi connectivity index (χ2v) is 4.51. The number of hydrogen-bond acceptors (Lipinski definition) is 3.